The van der Waals surface area contributed by atoms with Gasteiger partial charge in [-0.2, -0.15) is 0 Å². The van der Waals surface area contributed by atoms with Crippen LogP contribution in [0.4, 0.5) is 0 Å². The number of carbonyl (C=O) groups excluding carboxylic acids is 2. The largest absolute Gasteiger partial charge is 0.451 e. The molecule has 1 aromatic carbocycles. The van der Waals surface area contributed by atoms with E-state index in [9.17, 15) is 9.59 Å². The lowest BCUT2D eigenvalue weighted by Crippen LogP contribution is -2.41. The third kappa shape index (κ3) is 4.75. The fourth-order valence-electron chi connectivity index (χ4n) is 3.49. The van der Waals surface area contributed by atoms with Gasteiger partial charge >= 0.3 is 5.97 Å². The average Bonchev–Trinajstić information content (AvgIpc) is 3.08. The first-order valence-electron chi connectivity index (χ1n) is 9.41. The summed E-state index contributed by atoms with van der Waals surface area (Å²) in [5, 5.41) is 0.792. The van der Waals surface area contributed by atoms with Gasteiger partial charge < -0.3 is 9.64 Å². The molecule has 0 unspecified atom stereocenters. The number of amides is 1. The molecule has 1 aromatic heterocycles. The van der Waals surface area contributed by atoms with Crippen molar-refractivity contribution in [1.29, 1.82) is 0 Å². The first kappa shape index (κ1) is 19.5. The van der Waals surface area contributed by atoms with Crippen LogP contribution < -0.4 is 0 Å². The van der Waals surface area contributed by atoms with Crippen LogP contribution in [0.25, 0.3) is 11.3 Å². The second-order valence-electron chi connectivity index (χ2n) is 7.27. The number of nitrogens with zero attached hydrogens (tertiary/aromatic N) is 2. The minimum atomic E-state index is -0.488. The van der Waals surface area contributed by atoms with Crippen molar-refractivity contribution in [3.8, 4) is 11.3 Å². The van der Waals surface area contributed by atoms with Crippen LogP contribution in [0.1, 0.15) is 47.3 Å². The Balaban J connectivity index is 1.62. The summed E-state index contributed by atoms with van der Waals surface area (Å²) in [6, 6.07) is 9.80. The van der Waals surface area contributed by atoms with Crippen molar-refractivity contribution in [2.24, 2.45) is 5.92 Å². The summed E-state index contributed by atoms with van der Waals surface area (Å²) in [5.74, 6) is 0.0948. The number of aromatic nitrogens is 1. The van der Waals surface area contributed by atoms with Gasteiger partial charge in [0.1, 0.15) is 4.88 Å². The molecule has 0 spiro atoms. The third-order valence-corrected chi connectivity index (χ3v) is 6.17. The van der Waals surface area contributed by atoms with E-state index in [1.54, 1.807) is 4.90 Å². The number of thiazole rings is 1. The van der Waals surface area contributed by atoms with Gasteiger partial charge in [0.25, 0.3) is 5.91 Å². The van der Waals surface area contributed by atoms with E-state index in [4.69, 9.17) is 4.74 Å². The molecule has 1 fully saturated rings. The highest BCUT2D eigenvalue weighted by atomic mass is 32.1. The second kappa shape index (κ2) is 8.65. The topological polar surface area (TPSA) is 59.5 Å². The average molecular weight is 387 g/mol. The predicted molar refractivity (Wildman–Crippen MR) is 107 cm³/mol. The monoisotopic (exact) mass is 386 g/mol. The van der Waals surface area contributed by atoms with E-state index in [0.29, 0.717) is 10.6 Å². The third-order valence-electron chi connectivity index (χ3n) is 5.22. The second-order valence-corrected chi connectivity index (χ2v) is 8.47. The molecule has 5 nitrogen and oxygen atoms in total. The molecule has 0 bridgehead atoms. The van der Waals surface area contributed by atoms with Gasteiger partial charge in [0, 0.05) is 18.7 Å². The van der Waals surface area contributed by atoms with E-state index in [2.05, 4.69) is 11.9 Å². The van der Waals surface area contributed by atoms with Gasteiger partial charge in [-0.3, -0.25) is 4.79 Å². The number of benzene rings is 1. The SMILES string of the molecule is Cc1nc(-c2ccccc2)c(C(=O)OCC(=O)N(C)C2CCC(C)CC2)s1. The molecule has 3 rings (SSSR count). The highest BCUT2D eigenvalue weighted by Gasteiger charge is 2.26. The van der Waals surface area contributed by atoms with E-state index in [-0.39, 0.29) is 18.6 Å². The molecule has 0 atom stereocenters. The van der Waals surface area contributed by atoms with E-state index in [1.165, 1.54) is 11.3 Å². The zero-order chi connectivity index (χ0) is 19.4. The van der Waals surface area contributed by atoms with Crippen molar-refractivity contribution >= 4 is 23.2 Å². The van der Waals surface area contributed by atoms with Crippen molar-refractivity contribution in [1.82, 2.24) is 9.88 Å². The lowest BCUT2D eigenvalue weighted by atomic mass is 9.87. The minimum Gasteiger partial charge on any atom is -0.451 e. The van der Waals surface area contributed by atoms with Crippen LogP contribution >= 0.6 is 11.3 Å². The van der Waals surface area contributed by atoms with E-state index in [1.807, 2.05) is 44.3 Å². The molecule has 1 saturated carbocycles. The number of hydrogen-bond donors (Lipinski definition) is 0. The molecule has 27 heavy (non-hydrogen) atoms. The fraction of sp³-hybridized carbons (Fsp3) is 0.476. The molecule has 6 heteroatoms. The maximum Gasteiger partial charge on any atom is 0.351 e. The zero-order valence-corrected chi connectivity index (χ0v) is 16.9. The van der Waals surface area contributed by atoms with Crippen LogP contribution in [0.2, 0.25) is 0 Å². The Labute approximate surface area is 164 Å². The van der Waals surface area contributed by atoms with Gasteiger partial charge in [0.2, 0.25) is 0 Å². The van der Waals surface area contributed by atoms with Crippen LogP contribution in [-0.2, 0) is 9.53 Å². The zero-order valence-electron chi connectivity index (χ0n) is 16.1. The molecule has 0 aliphatic heterocycles. The summed E-state index contributed by atoms with van der Waals surface area (Å²) in [4.78, 5) is 31.7. The van der Waals surface area contributed by atoms with Gasteiger partial charge in [-0.05, 0) is 38.5 Å². The number of hydrogen-bond acceptors (Lipinski definition) is 5. The first-order valence-corrected chi connectivity index (χ1v) is 10.2. The highest BCUT2D eigenvalue weighted by Crippen LogP contribution is 2.29. The van der Waals surface area contributed by atoms with Gasteiger partial charge in [-0.15, -0.1) is 11.3 Å². The summed E-state index contributed by atoms with van der Waals surface area (Å²) >= 11 is 1.30. The van der Waals surface area contributed by atoms with Crippen LogP contribution in [-0.4, -0.2) is 41.5 Å². The number of rotatable bonds is 5. The molecule has 0 radical (unpaired) electrons. The van der Waals surface area contributed by atoms with Crippen LogP contribution in [0.5, 0.6) is 0 Å². The number of ether oxygens (including phenoxy) is 1. The number of likely N-dealkylation sites (N-methyl/N-ethyl adjacent to an activating group) is 1. The maximum atomic E-state index is 12.6. The van der Waals surface area contributed by atoms with Crippen molar-refractivity contribution in [2.45, 2.75) is 45.6 Å². The van der Waals surface area contributed by atoms with Crippen molar-refractivity contribution in [2.75, 3.05) is 13.7 Å². The Morgan fingerprint density at radius 3 is 2.52 bits per heavy atom. The number of carbonyl (C=O) groups is 2. The van der Waals surface area contributed by atoms with Crippen LogP contribution in [0.3, 0.4) is 0 Å². The van der Waals surface area contributed by atoms with Gasteiger partial charge in [0.05, 0.1) is 10.7 Å². The molecule has 1 heterocycles. The quantitative estimate of drug-likeness (QED) is 0.719. The fourth-order valence-corrected chi connectivity index (χ4v) is 4.32. The molecular formula is C21H26N2O3S. The Hall–Kier alpha value is -2.21. The number of esters is 1. The van der Waals surface area contributed by atoms with Crippen molar-refractivity contribution in [3.63, 3.8) is 0 Å². The van der Waals surface area contributed by atoms with E-state index in [0.717, 1.165) is 42.2 Å². The lowest BCUT2D eigenvalue weighted by molar-refractivity contribution is -0.136. The normalized spacial score (nSPS) is 19.5. The van der Waals surface area contributed by atoms with Crippen LogP contribution in [0.15, 0.2) is 30.3 Å². The minimum absolute atomic E-state index is 0.148. The lowest BCUT2D eigenvalue weighted by Gasteiger charge is -2.33. The Morgan fingerprint density at radius 1 is 1.19 bits per heavy atom. The summed E-state index contributed by atoms with van der Waals surface area (Å²) in [6.07, 6.45) is 4.32. The molecule has 1 aliphatic rings. The summed E-state index contributed by atoms with van der Waals surface area (Å²) in [5.41, 5.74) is 1.48. The molecule has 0 saturated heterocycles. The smallest absolute Gasteiger partial charge is 0.351 e. The van der Waals surface area contributed by atoms with E-state index < -0.39 is 5.97 Å². The summed E-state index contributed by atoms with van der Waals surface area (Å²) < 4.78 is 5.34. The van der Waals surface area contributed by atoms with Gasteiger partial charge in [0.15, 0.2) is 6.61 Å². The van der Waals surface area contributed by atoms with Crippen molar-refractivity contribution < 1.29 is 14.3 Å². The molecule has 0 N–H and O–H groups in total. The molecule has 1 amide bonds. The van der Waals surface area contributed by atoms with Gasteiger partial charge in [-0.25, -0.2) is 9.78 Å². The predicted octanol–water partition coefficient (Wildman–Crippen LogP) is 4.31. The van der Waals surface area contributed by atoms with Gasteiger partial charge in [-0.1, -0.05) is 37.3 Å². The Kier molecular flexibility index (Phi) is 6.26. The Bertz CT molecular complexity index is 795. The molecular weight excluding hydrogens is 360 g/mol. The van der Waals surface area contributed by atoms with Crippen LogP contribution in [0, 0.1) is 12.8 Å². The standard InChI is InChI=1S/C21H26N2O3S/c1-14-9-11-17(12-10-14)23(3)18(24)13-26-21(25)20-19(22-15(2)27-20)16-7-5-4-6-8-16/h4-8,14,17H,9-13H2,1-3H3. The molecule has 2 aromatic rings. The molecule has 1 aliphatic carbocycles. The maximum absolute atomic E-state index is 12.6. The molecule has 144 valence electrons. The van der Waals surface area contributed by atoms with E-state index >= 15 is 0 Å². The van der Waals surface area contributed by atoms with Crippen molar-refractivity contribution in [3.05, 3.63) is 40.2 Å². The highest BCUT2D eigenvalue weighted by molar-refractivity contribution is 7.14. The Morgan fingerprint density at radius 2 is 1.85 bits per heavy atom. The summed E-state index contributed by atoms with van der Waals surface area (Å²) in [6.45, 7) is 3.88. The number of aryl methyl sites for hydroxylation is 1. The first-order chi connectivity index (χ1) is 13.0. The summed E-state index contributed by atoms with van der Waals surface area (Å²) in [7, 11) is 1.81.